The average molecular weight is 286 g/mol. The Hall–Kier alpha value is -1.92. The summed E-state index contributed by atoms with van der Waals surface area (Å²) in [6.07, 6.45) is 1.04. The summed E-state index contributed by atoms with van der Waals surface area (Å²) >= 11 is 0. The molecular weight excluding hydrogens is 267 g/mol. The van der Waals surface area contributed by atoms with Gasteiger partial charge in [-0.05, 0) is 12.0 Å². The first-order valence-corrected chi connectivity index (χ1v) is 6.24. The summed E-state index contributed by atoms with van der Waals surface area (Å²) in [5.41, 5.74) is -2.21. The highest BCUT2D eigenvalue weighted by atomic mass is 19.1. The molecule has 1 aliphatic heterocycles. The third-order valence-corrected chi connectivity index (χ3v) is 3.37. The Morgan fingerprint density at radius 1 is 1.40 bits per heavy atom. The summed E-state index contributed by atoms with van der Waals surface area (Å²) in [4.78, 5) is 36.5. The number of carbonyl (C=O) groups excluding carboxylic acids is 2. The predicted molar refractivity (Wildman–Crippen MR) is 69.6 cm³/mol. The van der Waals surface area contributed by atoms with E-state index in [1.165, 1.54) is 7.05 Å². The number of hydrogen-bond donors (Lipinski definition) is 1. The fraction of sp³-hybridized carbons (Fsp3) is 0.615. The molecule has 0 unspecified atom stereocenters. The highest BCUT2D eigenvalue weighted by molar-refractivity contribution is 5.94. The molecule has 1 N–H and O–H groups in total. The molecule has 1 saturated heterocycles. The zero-order valence-electron chi connectivity index (χ0n) is 11.8. The van der Waals surface area contributed by atoms with Crippen molar-refractivity contribution in [3.8, 4) is 0 Å². The molecule has 1 heterocycles. The normalized spacial score (nSPS) is 18.1. The Balaban J connectivity index is 2.78. The first kappa shape index (κ1) is 16.1. The lowest BCUT2D eigenvalue weighted by Crippen LogP contribution is -2.68. The monoisotopic (exact) mass is 286 g/mol. The Bertz CT molecular complexity index is 444. The van der Waals surface area contributed by atoms with E-state index in [1.54, 1.807) is 13.8 Å². The zero-order chi connectivity index (χ0) is 15.7. The molecule has 112 valence electrons. The molecule has 1 aliphatic rings. The summed E-state index contributed by atoms with van der Waals surface area (Å²) in [5, 5.41) is 9.10. The molecule has 2 amide bonds. The molecule has 6 nitrogen and oxygen atoms in total. The zero-order valence-corrected chi connectivity index (χ0v) is 11.8. The summed E-state index contributed by atoms with van der Waals surface area (Å²) in [7, 11) is 1.26. The van der Waals surface area contributed by atoms with Gasteiger partial charge >= 0.3 is 5.97 Å². The molecule has 0 radical (unpaired) electrons. The number of aliphatic carboxylic acids is 1. The molecular formula is C13H19FN2O4. The number of nitrogens with zero attached hydrogens (tertiary/aromatic N) is 2. The van der Waals surface area contributed by atoms with Crippen LogP contribution in [0.3, 0.4) is 0 Å². The van der Waals surface area contributed by atoms with Gasteiger partial charge in [0, 0.05) is 7.05 Å². The second-order valence-electron chi connectivity index (χ2n) is 5.31. The number of halogens is 1. The van der Waals surface area contributed by atoms with Gasteiger partial charge in [0.2, 0.25) is 11.6 Å². The smallest absolute Gasteiger partial charge is 0.326 e. The molecule has 0 saturated carbocycles. The highest BCUT2D eigenvalue weighted by Gasteiger charge is 2.54. The molecule has 1 fully saturated rings. The van der Waals surface area contributed by atoms with Crippen molar-refractivity contribution in [2.24, 2.45) is 5.92 Å². The Kier molecular flexibility index (Phi) is 4.52. The van der Waals surface area contributed by atoms with E-state index in [0.717, 1.165) is 15.9 Å². The van der Waals surface area contributed by atoms with Crippen LogP contribution in [0.1, 0.15) is 13.8 Å². The van der Waals surface area contributed by atoms with Crippen molar-refractivity contribution < 1.29 is 23.9 Å². The van der Waals surface area contributed by atoms with Crippen molar-refractivity contribution in [2.45, 2.75) is 25.6 Å². The van der Waals surface area contributed by atoms with Crippen LogP contribution in [0.2, 0.25) is 0 Å². The number of carboxylic acid groups (broad SMARTS) is 1. The van der Waals surface area contributed by atoms with Crippen molar-refractivity contribution in [1.82, 2.24) is 9.80 Å². The molecule has 0 bridgehead atoms. The van der Waals surface area contributed by atoms with Gasteiger partial charge in [0.15, 0.2) is 0 Å². The molecule has 1 atom stereocenters. The van der Waals surface area contributed by atoms with Crippen LogP contribution < -0.4 is 0 Å². The average Bonchev–Trinajstić information content (AvgIpc) is 2.31. The molecule has 0 spiro atoms. The van der Waals surface area contributed by atoms with Crippen LogP contribution in [0.15, 0.2) is 12.7 Å². The van der Waals surface area contributed by atoms with E-state index < -0.39 is 29.5 Å². The van der Waals surface area contributed by atoms with Gasteiger partial charge in [-0.25, -0.2) is 9.18 Å². The SMILES string of the molecule is C=CC(=O)N1CC(F)(C(=O)N(C)[C@H](C(=O)O)C(C)C)C1. The van der Waals surface area contributed by atoms with Crippen molar-refractivity contribution >= 4 is 17.8 Å². The van der Waals surface area contributed by atoms with Gasteiger partial charge < -0.3 is 14.9 Å². The van der Waals surface area contributed by atoms with Crippen molar-refractivity contribution in [2.75, 3.05) is 20.1 Å². The molecule has 7 heteroatoms. The minimum atomic E-state index is -2.21. The summed E-state index contributed by atoms with van der Waals surface area (Å²) in [6, 6.07) is -1.10. The minimum Gasteiger partial charge on any atom is -0.480 e. The molecule has 1 rings (SSSR count). The Morgan fingerprint density at radius 2 is 1.90 bits per heavy atom. The van der Waals surface area contributed by atoms with Gasteiger partial charge in [-0.2, -0.15) is 0 Å². The number of rotatable bonds is 5. The quantitative estimate of drug-likeness (QED) is 0.737. The standard InChI is InChI=1S/C13H19FN2O4/c1-5-9(17)16-6-13(14,7-16)12(20)15(4)10(8(2)3)11(18)19/h5,8,10H,1,6-7H2,2-4H3,(H,18,19)/t10-/m0/s1. The molecule has 0 aromatic heterocycles. The number of carbonyl (C=O) groups is 3. The third-order valence-electron chi connectivity index (χ3n) is 3.37. The first-order chi connectivity index (χ1) is 9.14. The van der Waals surface area contributed by atoms with E-state index in [2.05, 4.69) is 6.58 Å². The minimum absolute atomic E-state index is 0.351. The van der Waals surface area contributed by atoms with Crippen LogP contribution in [0.4, 0.5) is 4.39 Å². The number of carboxylic acids is 1. The van der Waals surface area contributed by atoms with Crippen LogP contribution >= 0.6 is 0 Å². The van der Waals surface area contributed by atoms with Crippen molar-refractivity contribution in [3.05, 3.63) is 12.7 Å². The maximum absolute atomic E-state index is 14.4. The molecule has 0 aliphatic carbocycles. The van der Waals surface area contributed by atoms with Gasteiger partial charge in [-0.15, -0.1) is 0 Å². The van der Waals surface area contributed by atoms with Gasteiger partial charge in [0.1, 0.15) is 6.04 Å². The lowest BCUT2D eigenvalue weighted by Gasteiger charge is -2.45. The highest BCUT2D eigenvalue weighted by Crippen LogP contribution is 2.29. The maximum Gasteiger partial charge on any atom is 0.326 e. The van der Waals surface area contributed by atoms with Crippen LogP contribution in [0.5, 0.6) is 0 Å². The van der Waals surface area contributed by atoms with Crippen LogP contribution in [0, 0.1) is 5.92 Å². The number of alkyl halides is 1. The van der Waals surface area contributed by atoms with Crippen molar-refractivity contribution in [1.29, 1.82) is 0 Å². The van der Waals surface area contributed by atoms with E-state index >= 15 is 0 Å². The number of amides is 2. The topological polar surface area (TPSA) is 77.9 Å². The maximum atomic E-state index is 14.4. The second kappa shape index (κ2) is 5.60. The van der Waals surface area contributed by atoms with E-state index in [4.69, 9.17) is 5.11 Å². The predicted octanol–water partition coefficient (Wildman–Crippen LogP) is 0.290. The summed E-state index contributed by atoms with van der Waals surface area (Å²) in [5.74, 6) is -2.90. The lowest BCUT2D eigenvalue weighted by atomic mass is 9.92. The molecule has 0 aromatic rings. The largest absolute Gasteiger partial charge is 0.480 e. The summed E-state index contributed by atoms with van der Waals surface area (Å²) in [6.45, 7) is 5.82. The van der Waals surface area contributed by atoms with Crippen LogP contribution in [0.25, 0.3) is 0 Å². The third kappa shape index (κ3) is 2.81. The van der Waals surface area contributed by atoms with Crippen LogP contribution in [-0.2, 0) is 14.4 Å². The summed E-state index contributed by atoms with van der Waals surface area (Å²) < 4.78 is 14.4. The Labute approximate surface area is 116 Å². The molecule has 20 heavy (non-hydrogen) atoms. The van der Waals surface area contributed by atoms with Gasteiger partial charge in [0.05, 0.1) is 13.1 Å². The first-order valence-electron chi connectivity index (χ1n) is 6.24. The second-order valence-corrected chi connectivity index (χ2v) is 5.31. The number of likely N-dealkylation sites (tertiary alicyclic amines) is 1. The van der Waals surface area contributed by atoms with Crippen LogP contribution in [-0.4, -0.2) is 64.5 Å². The van der Waals surface area contributed by atoms with E-state index in [-0.39, 0.29) is 19.0 Å². The number of hydrogen-bond acceptors (Lipinski definition) is 3. The van der Waals surface area contributed by atoms with Gasteiger partial charge in [-0.1, -0.05) is 20.4 Å². The van der Waals surface area contributed by atoms with Gasteiger partial charge in [-0.3, -0.25) is 9.59 Å². The van der Waals surface area contributed by atoms with E-state index in [0.29, 0.717) is 0 Å². The van der Waals surface area contributed by atoms with Gasteiger partial charge in [0.25, 0.3) is 5.91 Å². The molecule has 0 aromatic carbocycles. The van der Waals surface area contributed by atoms with E-state index in [9.17, 15) is 18.8 Å². The Morgan fingerprint density at radius 3 is 2.25 bits per heavy atom. The lowest BCUT2D eigenvalue weighted by molar-refractivity contribution is -0.167. The fourth-order valence-corrected chi connectivity index (χ4v) is 2.32. The van der Waals surface area contributed by atoms with E-state index in [1.807, 2.05) is 0 Å². The fourth-order valence-electron chi connectivity index (χ4n) is 2.32. The van der Waals surface area contributed by atoms with Crippen molar-refractivity contribution in [3.63, 3.8) is 0 Å². The number of likely N-dealkylation sites (N-methyl/N-ethyl adjacent to an activating group) is 1.